The van der Waals surface area contributed by atoms with E-state index in [-0.39, 0.29) is 0 Å². The van der Waals surface area contributed by atoms with Crippen LogP contribution in [0.5, 0.6) is 11.5 Å². The number of halogens is 4. The van der Waals surface area contributed by atoms with Crippen molar-refractivity contribution in [3.8, 4) is 22.8 Å². The molecule has 0 fully saturated rings. The zero-order chi connectivity index (χ0) is 24.7. The molecule has 0 atom stereocenters. The minimum Gasteiger partial charge on any atom is -0.497 e. The molecule has 0 aliphatic carbocycles. The Hall–Kier alpha value is -3.75. The van der Waals surface area contributed by atoms with Crippen LogP contribution >= 0.6 is 0 Å². The van der Waals surface area contributed by atoms with Crippen molar-refractivity contribution in [2.75, 3.05) is 14.2 Å². The van der Waals surface area contributed by atoms with Crippen molar-refractivity contribution in [1.82, 2.24) is 0 Å². The van der Waals surface area contributed by atoms with Crippen LogP contribution in [0.2, 0.25) is 0 Å². The summed E-state index contributed by atoms with van der Waals surface area (Å²) in [4.78, 5) is 3.54. The van der Waals surface area contributed by atoms with Gasteiger partial charge in [-0.2, -0.15) is 0 Å². The van der Waals surface area contributed by atoms with Gasteiger partial charge in [-0.05, 0) is 60.5 Å². The zero-order valence-corrected chi connectivity index (χ0v) is 18.9. The van der Waals surface area contributed by atoms with Crippen molar-refractivity contribution in [2.45, 2.75) is 13.3 Å². The molecule has 1 aromatic heterocycles. The minimum atomic E-state index is -6.00. The summed E-state index contributed by atoms with van der Waals surface area (Å²) in [6.45, 7) is 2.15. The van der Waals surface area contributed by atoms with Gasteiger partial charge in [0.15, 0.2) is 0 Å². The van der Waals surface area contributed by atoms with Crippen molar-refractivity contribution in [3.63, 3.8) is 0 Å². The molecule has 178 valence electrons. The van der Waals surface area contributed by atoms with Gasteiger partial charge in [-0.15, -0.1) is 0 Å². The molecule has 4 nitrogen and oxygen atoms in total. The summed E-state index contributed by atoms with van der Waals surface area (Å²) in [5, 5.41) is 2.05. The number of nitrogens with one attached hydrogen (secondary N) is 1. The van der Waals surface area contributed by atoms with E-state index >= 15 is 0 Å². The molecule has 0 aliphatic heterocycles. The van der Waals surface area contributed by atoms with E-state index in [0.29, 0.717) is 0 Å². The highest BCUT2D eigenvalue weighted by molar-refractivity contribution is 6.50. The van der Waals surface area contributed by atoms with Gasteiger partial charge in [-0.3, -0.25) is 0 Å². The third-order valence-electron chi connectivity index (χ3n) is 4.98. The van der Waals surface area contributed by atoms with E-state index in [1.807, 2.05) is 60.7 Å². The maximum atomic E-state index is 9.75. The van der Waals surface area contributed by atoms with Gasteiger partial charge in [0.25, 0.3) is 0 Å². The van der Waals surface area contributed by atoms with Crippen LogP contribution in [0, 0.1) is 0 Å². The van der Waals surface area contributed by atoms with Crippen molar-refractivity contribution in [2.24, 2.45) is 0 Å². The monoisotopic (exact) mass is 473 g/mol. The van der Waals surface area contributed by atoms with Crippen LogP contribution in [0.4, 0.5) is 23.0 Å². The molecule has 0 bridgehead atoms. The number of fused-ring (bicyclic) bond motifs is 1. The fourth-order valence-corrected chi connectivity index (χ4v) is 3.28. The third-order valence-corrected chi connectivity index (χ3v) is 4.98. The van der Waals surface area contributed by atoms with Gasteiger partial charge in [0.05, 0.1) is 25.7 Å². The first kappa shape index (κ1) is 24.9. The molecule has 0 spiro atoms. The summed E-state index contributed by atoms with van der Waals surface area (Å²) >= 11 is 0. The van der Waals surface area contributed by atoms with E-state index in [9.17, 15) is 17.3 Å². The minimum absolute atomic E-state index is 0.792. The van der Waals surface area contributed by atoms with Gasteiger partial charge in [-0.25, -0.2) is 4.99 Å². The second-order valence-corrected chi connectivity index (χ2v) is 7.29. The van der Waals surface area contributed by atoms with Gasteiger partial charge in [0, 0.05) is 17.7 Å². The zero-order valence-electron chi connectivity index (χ0n) is 18.9. The first-order chi connectivity index (χ1) is 16.2. The number of hydrogen-bond acceptors (Lipinski definition) is 3. The predicted octanol–water partition coefficient (Wildman–Crippen LogP) is 5.29. The SMILES string of the molecule is CCc1ccc2oc(-c3ccc(OC)cc3)cc(=[NH+]c3ccc(OC)cc3)c2c1.F[B-](F)(F)F. The maximum Gasteiger partial charge on any atom is 0.673 e. The Kier molecular flexibility index (Phi) is 7.99. The number of aryl methyl sites for hydroxylation is 1. The van der Waals surface area contributed by atoms with Crippen LogP contribution in [0.15, 0.2) is 77.2 Å². The topological polar surface area (TPSA) is 45.6 Å². The Morgan fingerprint density at radius 1 is 0.794 bits per heavy atom. The summed E-state index contributed by atoms with van der Waals surface area (Å²) in [5.74, 6) is 2.44. The van der Waals surface area contributed by atoms with Crippen molar-refractivity contribution in [1.29, 1.82) is 0 Å². The van der Waals surface area contributed by atoms with Crippen LogP contribution in [0.1, 0.15) is 12.5 Å². The molecule has 0 saturated carbocycles. The first-order valence-electron chi connectivity index (χ1n) is 10.5. The van der Waals surface area contributed by atoms with Gasteiger partial charge in [0.2, 0.25) is 11.0 Å². The lowest BCUT2D eigenvalue weighted by atomic mass is 10.1. The van der Waals surface area contributed by atoms with Crippen LogP contribution in [0.25, 0.3) is 22.3 Å². The molecule has 0 saturated heterocycles. The Morgan fingerprint density at radius 3 is 1.88 bits per heavy atom. The van der Waals surface area contributed by atoms with Gasteiger partial charge >= 0.3 is 7.25 Å². The smallest absolute Gasteiger partial charge is 0.497 e. The van der Waals surface area contributed by atoms with E-state index in [2.05, 4.69) is 24.0 Å². The van der Waals surface area contributed by atoms with E-state index in [4.69, 9.17) is 13.9 Å². The molecule has 0 amide bonds. The molecule has 1 heterocycles. The molecule has 0 radical (unpaired) electrons. The summed E-state index contributed by atoms with van der Waals surface area (Å²) in [7, 11) is -2.67. The Balaban J connectivity index is 0.000000588. The maximum absolute atomic E-state index is 9.75. The van der Waals surface area contributed by atoms with Gasteiger partial charge in [0.1, 0.15) is 22.8 Å². The molecule has 34 heavy (non-hydrogen) atoms. The highest BCUT2D eigenvalue weighted by Crippen LogP contribution is 2.24. The van der Waals surface area contributed by atoms with E-state index < -0.39 is 7.25 Å². The van der Waals surface area contributed by atoms with E-state index in [1.165, 1.54) is 5.56 Å². The normalized spacial score (nSPS) is 11.7. The second kappa shape index (κ2) is 10.9. The van der Waals surface area contributed by atoms with Gasteiger partial charge in [-0.1, -0.05) is 13.0 Å². The van der Waals surface area contributed by atoms with E-state index in [0.717, 1.165) is 51.3 Å². The van der Waals surface area contributed by atoms with Crippen LogP contribution in [-0.2, 0) is 6.42 Å². The lowest BCUT2D eigenvalue weighted by Gasteiger charge is -2.06. The molecule has 3 aromatic carbocycles. The molecule has 4 aromatic rings. The van der Waals surface area contributed by atoms with Crippen molar-refractivity contribution >= 4 is 23.9 Å². The molecule has 4 rings (SSSR count). The molecule has 9 heteroatoms. The largest absolute Gasteiger partial charge is 0.673 e. The number of rotatable bonds is 5. The highest BCUT2D eigenvalue weighted by Gasteiger charge is 2.20. The van der Waals surface area contributed by atoms with Crippen LogP contribution in [0.3, 0.4) is 0 Å². The van der Waals surface area contributed by atoms with Crippen molar-refractivity contribution in [3.05, 3.63) is 83.7 Å². The number of methoxy groups -OCH3 is 2. The number of ether oxygens (including phenoxy) is 2. The molecular weight excluding hydrogens is 449 g/mol. The molecule has 1 N–H and O–H groups in total. The average Bonchev–Trinajstić information content (AvgIpc) is 2.83. The average molecular weight is 473 g/mol. The lowest BCUT2D eigenvalue weighted by molar-refractivity contribution is -0.400. The summed E-state index contributed by atoms with van der Waals surface area (Å²) in [6.07, 6.45) is 0.970. The molecule has 0 aliphatic rings. The van der Waals surface area contributed by atoms with Gasteiger partial charge < -0.3 is 31.2 Å². The Labute approximate surface area is 194 Å². The number of hydrogen-bond donors (Lipinski definition) is 1. The highest BCUT2D eigenvalue weighted by atomic mass is 19.5. The second-order valence-electron chi connectivity index (χ2n) is 7.29. The standard InChI is InChI=1S/C25H23NO3.BF4/c1-4-17-5-14-24-22(15-17)23(26-19-8-12-21(28-3)13-9-19)16-25(29-24)18-6-10-20(27-2)11-7-18;2-1(3,4)5/h5-16H,4H2,1-3H3;/q;-1/p+1. The molecule has 0 unspecified atom stereocenters. The predicted molar refractivity (Wildman–Crippen MR) is 125 cm³/mol. The Morgan fingerprint density at radius 2 is 1.35 bits per heavy atom. The summed E-state index contributed by atoms with van der Waals surface area (Å²) < 4.78 is 55.8. The fourth-order valence-electron chi connectivity index (χ4n) is 3.28. The summed E-state index contributed by atoms with van der Waals surface area (Å²) in [6, 6.07) is 24.2. The Bertz CT molecular complexity index is 1300. The first-order valence-corrected chi connectivity index (χ1v) is 10.5. The quantitative estimate of drug-likeness (QED) is 0.317. The van der Waals surface area contributed by atoms with E-state index in [1.54, 1.807) is 14.2 Å². The lowest BCUT2D eigenvalue weighted by Crippen LogP contribution is -2.70. The third kappa shape index (κ3) is 6.87. The van der Waals surface area contributed by atoms with Crippen LogP contribution < -0.4 is 19.8 Å². The fraction of sp³-hybridized carbons (Fsp3) is 0.160. The summed E-state index contributed by atoms with van der Waals surface area (Å²) in [5.41, 5.74) is 4.08. The number of benzene rings is 3. The van der Waals surface area contributed by atoms with Crippen LogP contribution in [-0.4, -0.2) is 21.5 Å². The van der Waals surface area contributed by atoms with Crippen molar-refractivity contribution < 1.29 is 36.1 Å². The molecular formula is C25H24BF4NO3.